The fourth-order valence-electron chi connectivity index (χ4n) is 2.34. The first-order valence-corrected chi connectivity index (χ1v) is 6.73. The molecule has 104 valence electrons. The van der Waals surface area contributed by atoms with Crippen molar-refractivity contribution in [3.8, 4) is 16.9 Å². The summed E-state index contributed by atoms with van der Waals surface area (Å²) in [5.41, 5.74) is 4.49. The van der Waals surface area contributed by atoms with Gasteiger partial charge in [-0.3, -0.25) is 19.3 Å². The molecule has 3 aromatic heterocycles. The highest BCUT2D eigenvalue weighted by atomic mass is 16.1. The van der Waals surface area contributed by atoms with Gasteiger partial charge >= 0.3 is 0 Å². The molecule has 0 amide bonds. The first kappa shape index (κ1) is 13.2. The van der Waals surface area contributed by atoms with Gasteiger partial charge in [-0.15, -0.1) is 0 Å². The van der Waals surface area contributed by atoms with Crippen molar-refractivity contribution < 1.29 is 0 Å². The number of hydrogen-bond donors (Lipinski definition) is 0. The van der Waals surface area contributed by atoms with E-state index in [-0.39, 0.29) is 5.56 Å². The van der Waals surface area contributed by atoms with Gasteiger partial charge in [0.1, 0.15) is 0 Å². The molecule has 0 spiro atoms. The highest BCUT2D eigenvalue weighted by Crippen LogP contribution is 2.21. The van der Waals surface area contributed by atoms with Gasteiger partial charge in [0.2, 0.25) is 0 Å². The Balaban J connectivity index is 2.22. The lowest BCUT2D eigenvalue weighted by Crippen LogP contribution is -2.20. The van der Waals surface area contributed by atoms with Gasteiger partial charge in [0.05, 0.1) is 11.4 Å². The van der Waals surface area contributed by atoms with Crippen LogP contribution >= 0.6 is 0 Å². The van der Waals surface area contributed by atoms with Crippen molar-refractivity contribution in [3.63, 3.8) is 0 Å². The average molecular weight is 277 g/mol. The maximum atomic E-state index is 12.2. The van der Waals surface area contributed by atoms with Crippen LogP contribution in [-0.2, 0) is 0 Å². The molecule has 3 aromatic rings. The number of hydrogen-bond acceptors (Lipinski definition) is 3. The molecule has 4 heteroatoms. The van der Waals surface area contributed by atoms with Crippen LogP contribution in [-0.4, -0.2) is 14.5 Å². The van der Waals surface area contributed by atoms with Gasteiger partial charge in [0, 0.05) is 35.9 Å². The van der Waals surface area contributed by atoms with E-state index in [0.29, 0.717) is 0 Å². The average Bonchev–Trinajstić information content (AvgIpc) is 2.50. The molecule has 0 atom stereocenters. The molecule has 0 saturated carbocycles. The summed E-state index contributed by atoms with van der Waals surface area (Å²) in [7, 11) is 0. The Hall–Kier alpha value is -2.75. The number of nitrogens with zero attached hydrogens (tertiary/aromatic N) is 3. The summed E-state index contributed by atoms with van der Waals surface area (Å²) in [5, 5.41) is 0. The Morgan fingerprint density at radius 2 is 1.81 bits per heavy atom. The number of aryl methyl sites for hydroxylation is 2. The topological polar surface area (TPSA) is 47.8 Å². The number of pyridine rings is 3. The predicted octanol–water partition coefficient (Wildman–Crippen LogP) is 2.91. The molecule has 0 unspecified atom stereocenters. The lowest BCUT2D eigenvalue weighted by molar-refractivity contribution is 0.921. The van der Waals surface area contributed by atoms with Crippen molar-refractivity contribution >= 4 is 0 Å². The predicted molar refractivity (Wildman–Crippen MR) is 82.5 cm³/mol. The second-order valence-corrected chi connectivity index (χ2v) is 4.93. The van der Waals surface area contributed by atoms with E-state index in [2.05, 4.69) is 9.97 Å². The number of rotatable bonds is 2. The smallest absolute Gasteiger partial charge is 0.255 e. The van der Waals surface area contributed by atoms with Gasteiger partial charge in [0.25, 0.3) is 5.56 Å². The van der Waals surface area contributed by atoms with Crippen LogP contribution in [0.3, 0.4) is 0 Å². The van der Waals surface area contributed by atoms with Crippen molar-refractivity contribution in [3.05, 3.63) is 76.6 Å². The summed E-state index contributed by atoms with van der Waals surface area (Å²) in [6, 6.07) is 11.0. The minimum atomic E-state index is -0.0371. The molecular weight excluding hydrogens is 262 g/mol. The third kappa shape index (κ3) is 2.48. The molecular formula is C17H15N3O. The van der Waals surface area contributed by atoms with Crippen molar-refractivity contribution in [2.75, 3.05) is 0 Å². The van der Waals surface area contributed by atoms with Gasteiger partial charge in [-0.05, 0) is 43.7 Å². The van der Waals surface area contributed by atoms with Gasteiger partial charge in [0.15, 0.2) is 0 Å². The maximum Gasteiger partial charge on any atom is 0.255 e. The Morgan fingerprint density at radius 1 is 1.05 bits per heavy atom. The SMILES string of the molecule is Cc1cnc(-c2ccncc2)cc1-n1c(C)cccc1=O. The third-order valence-electron chi connectivity index (χ3n) is 3.44. The van der Waals surface area contributed by atoms with Crippen LogP contribution in [0.2, 0.25) is 0 Å². The largest absolute Gasteiger partial charge is 0.281 e. The fraction of sp³-hybridized carbons (Fsp3) is 0.118. The lowest BCUT2D eigenvalue weighted by atomic mass is 10.1. The highest BCUT2D eigenvalue weighted by molar-refractivity contribution is 5.62. The second-order valence-electron chi connectivity index (χ2n) is 4.93. The van der Waals surface area contributed by atoms with Crippen molar-refractivity contribution in [2.24, 2.45) is 0 Å². The summed E-state index contributed by atoms with van der Waals surface area (Å²) in [5.74, 6) is 0. The minimum absolute atomic E-state index is 0.0371. The van der Waals surface area contributed by atoms with Crippen LogP contribution in [0, 0.1) is 13.8 Å². The Bertz CT molecular complexity index is 838. The van der Waals surface area contributed by atoms with Crippen molar-refractivity contribution in [1.29, 1.82) is 0 Å². The summed E-state index contributed by atoms with van der Waals surface area (Å²) in [6.07, 6.45) is 5.26. The van der Waals surface area contributed by atoms with Crippen LogP contribution in [0.15, 0.2) is 59.8 Å². The first-order valence-electron chi connectivity index (χ1n) is 6.73. The fourth-order valence-corrected chi connectivity index (χ4v) is 2.34. The molecule has 3 heterocycles. The van der Waals surface area contributed by atoms with Gasteiger partial charge < -0.3 is 0 Å². The van der Waals surface area contributed by atoms with Gasteiger partial charge in [-0.1, -0.05) is 6.07 Å². The molecule has 0 N–H and O–H groups in total. The maximum absolute atomic E-state index is 12.2. The molecule has 0 aliphatic carbocycles. The third-order valence-corrected chi connectivity index (χ3v) is 3.44. The monoisotopic (exact) mass is 277 g/mol. The van der Waals surface area contributed by atoms with Crippen LogP contribution in [0.25, 0.3) is 16.9 Å². The zero-order valence-corrected chi connectivity index (χ0v) is 11.9. The molecule has 21 heavy (non-hydrogen) atoms. The Kier molecular flexibility index (Phi) is 3.36. The van der Waals surface area contributed by atoms with E-state index in [4.69, 9.17) is 0 Å². The van der Waals surface area contributed by atoms with Crippen LogP contribution < -0.4 is 5.56 Å². The molecule has 0 aromatic carbocycles. The van der Waals surface area contributed by atoms with E-state index in [9.17, 15) is 4.79 Å². The summed E-state index contributed by atoms with van der Waals surface area (Å²) in [6.45, 7) is 3.88. The highest BCUT2D eigenvalue weighted by Gasteiger charge is 2.09. The minimum Gasteiger partial charge on any atom is -0.281 e. The molecule has 3 rings (SSSR count). The summed E-state index contributed by atoms with van der Waals surface area (Å²) < 4.78 is 1.71. The van der Waals surface area contributed by atoms with Crippen LogP contribution in [0.1, 0.15) is 11.3 Å². The molecule has 0 aliphatic rings. The molecule has 0 saturated heterocycles. The van der Waals surface area contributed by atoms with E-state index < -0.39 is 0 Å². The van der Waals surface area contributed by atoms with Crippen LogP contribution in [0.5, 0.6) is 0 Å². The van der Waals surface area contributed by atoms with E-state index >= 15 is 0 Å². The Morgan fingerprint density at radius 3 is 2.52 bits per heavy atom. The van der Waals surface area contributed by atoms with E-state index in [0.717, 1.165) is 28.2 Å². The summed E-state index contributed by atoms with van der Waals surface area (Å²) in [4.78, 5) is 20.6. The first-order chi connectivity index (χ1) is 10.2. The van der Waals surface area contributed by atoms with Gasteiger partial charge in [-0.2, -0.15) is 0 Å². The van der Waals surface area contributed by atoms with E-state index in [1.54, 1.807) is 35.3 Å². The molecule has 0 bridgehead atoms. The molecule has 0 radical (unpaired) electrons. The quantitative estimate of drug-likeness (QED) is 0.723. The second kappa shape index (κ2) is 5.32. The van der Waals surface area contributed by atoms with Crippen LogP contribution in [0.4, 0.5) is 0 Å². The molecule has 0 fully saturated rings. The van der Waals surface area contributed by atoms with Crippen molar-refractivity contribution in [2.45, 2.75) is 13.8 Å². The standard InChI is InChI=1S/C17H15N3O/c1-12-11-19-15(14-6-8-18-9-7-14)10-16(12)20-13(2)4-3-5-17(20)21/h3-11H,1-2H3. The lowest BCUT2D eigenvalue weighted by Gasteiger charge is -2.13. The Labute approximate surface area is 122 Å². The van der Waals surface area contributed by atoms with Gasteiger partial charge in [-0.25, -0.2) is 0 Å². The van der Waals surface area contributed by atoms with Crippen molar-refractivity contribution in [1.82, 2.24) is 14.5 Å². The molecule has 0 aliphatic heterocycles. The normalized spacial score (nSPS) is 10.6. The zero-order chi connectivity index (χ0) is 14.8. The molecule has 4 nitrogen and oxygen atoms in total. The van der Waals surface area contributed by atoms with E-state index in [1.165, 1.54) is 0 Å². The zero-order valence-electron chi connectivity index (χ0n) is 11.9. The van der Waals surface area contributed by atoms with E-state index in [1.807, 2.05) is 38.1 Å². The number of aromatic nitrogens is 3. The summed E-state index contributed by atoms with van der Waals surface area (Å²) >= 11 is 0.